The number of aromatic amines is 1. The molecular weight excluding hydrogens is 190 g/mol. The fraction of sp³-hybridized carbons (Fsp3) is 0.0909. The number of anilines is 1. The molecule has 0 aliphatic heterocycles. The molecule has 2 rings (SSSR count). The number of rotatable bonds is 1. The highest BCUT2D eigenvalue weighted by Gasteiger charge is 2.09. The molecule has 0 saturated carbocycles. The van der Waals surface area contributed by atoms with E-state index in [1.165, 1.54) is 0 Å². The summed E-state index contributed by atoms with van der Waals surface area (Å²) in [6.45, 7) is 1.81. The second-order valence-electron chi connectivity index (χ2n) is 3.29. The third kappa shape index (κ3) is 1.61. The SMILES string of the molecule is Cc1n[nH]c(=O)c(N)c1-c1ccccc1. The third-order valence-corrected chi connectivity index (χ3v) is 2.26. The first-order valence-corrected chi connectivity index (χ1v) is 4.60. The van der Waals surface area contributed by atoms with Gasteiger partial charge in [0.25, 0.3) is 5.56 Å². The van der Waals surface area contributed by atoms with Gasteiger partial charge in [-0.25, -0.2) is 5.10 Å². The van der Waals surface area contributed by atoms with E-state index in [2.05, 4.69) is 10.2 Å². The molecule has 0 unspecified atom stereocenters. The number of H-pyrrole nitrogens is 1. The Morgan fingerprint density at radius 1 is 1.27 bits per heavy atom. The zero-order valence-electron chi connectivity index (χ0n) is 8.32. The van der Waals surface area contributed by atoms with Gasteiger partial charge < -0.3 is 5.73 Å². The van der Waals surface area contributed by atoms with Gasteiger partial charge in [-0.05, 0) is 12.5 Å². The molecule has 3 N–H and O–H groups in total. The molecular formula is C11H11N3O. The van der Waals surface area contributed by atoms with Gasteiger partial charge in [-0.3, -0.25) is 4.79 Å². The van der Waals surface area contributed by atoms with Gasteiger partial charge in [-0.1, -0.05) is 30.3 Å². The fourth-order valence-electron chi connectivity index (χ4n) is 1.53. The summed E-state index contributed by atoms with van der Waals surface area (Å²) in [5, 5.41) is 6.25. The predicted octanol–water partition coefficient (Wildman–Crippen LogP) is 1.33. The number of hydrogen-bond acceptors (Lipinski definition) is 3. The predicted molar refractivity (Wildman–Crippen MR) is 59.4 cm³/mol. The number of nitrogens with zero attached hydrogens (tertiary/aromatic N) is 1. The monoisotopic (exact) mass is 201 g/mol. The van der Waals surface area contributed by atoms with E-state index >= 15 is 0 Å². The van der Waals surface area contributed by atoms with Gasteiger partial charge in [-0.15, -0.1) is 0 Å². The van der Waals surface area contributed by atoms with E-state index in [-0.39, 0.29) is 11.2 Å². The van der Waals surface area contributed by atoms with E-state index in [1.807, 2.05) is 37.3 Å². The van der Waals surface area contributed by atoms with E-state index < -0.39 is 0 Å². The van der Waals surface area contributed by atoms with Crippen LogP contribution in [0.1, 0.15) is 5.69 Å². The molecule has 0 atom stereocenters. The lowest BCUT2D eigenvalue weighted by atomic mass is 10.0. The van der Waals surface area contributed by atoms with Crippen LogP contribution in [-0.2, 0) is 0 Å². The van der Waals surface area contributed by atoms with Crippen LogP contribution in [0.2, 0.25) is 0 Å². The zero-order valence-corrected chi connectivity index (χ0v) is 8.32. The van der Waals surface area contributed by atoms with Crippen LogP contribution in [-0.4, -0.2) is 10.2 Å². The maximum Gasteiger partial charge on any atom is 0.287 e. The number of benzene rings is 1. The van der Waals surface area contributed by atoms with E-state index in [1.54, 1.807) is 0 Å². The van der Waals surface area contributed by atoms with Gasteiger partial charge in [0.05, 0.1) is 5.69 Å². The van der Waals surface area contributed by atoms with Crippen LogP contribution < -0.4 is 11.3 Å². The summed E-state index contributed by atoms with van der Waals surface area (Å²) in [5.41, 5.74) is 7.94. The van der Waals surface area contributed by atoms with Crippen molar-refractivity contribution in [2.75, 3.05) is 5.73 Å². The maximum absolute atomic E-state index is 11.3. The molecule has 0 radical (unpaired) electrons. The molecule has 1 heterocycles. The Bertz CT molecular complexity index is 531. The molecule has 0 spiro atoms. The van der Waals surface area contributed by atoms with Crippen LogP contribution >= 0.6 is 0 Å². The molecule has 1 aromatic carbocycles. The summed E-state index contributed by atoms with van der Waals surface area (Å²) in [4.78, 5) is 11.3. The highest BCUT2D eigenvalue weighted by atomic mass is 16.1. The number of nitrogen functional groups attached to an aromatic ring is 1. The summed E-state index contributed by atoms with van der Waals surface area (Å²) in [6, 6.07) is 9.51. The molecule has 0 bridgehead atoms. The quantitative estimate of drug-likeness (QED) is 0.731. The van der Waals surface area contributed by atoms with Gasteiger partial charge in [0, 0.05) is 5.56 Å². The van der Waals surface area contributed by atoms with Crippen molar-refractivity contribution in [1.82, 2.24) is 10.2 Å². The van der Waals surface area contributed by atoms with Crippen LogP contribution in [0.4, 0.5) is 5.69 Å². The second-order valence-corrected chi connectivity index (χ2v) is 3.29. The first kappa shape index (κ1) is 9.45. The van der Waals surface area contributed by atoms with E-state index in [9.17, 15) is 4.79 Å². The lowest BCUT2D eigenvalue weighted by molar-refractivity contribution is 0.953. The summed E-state index contributed by atoms with van der Waals surface area (Å²) < 4.78 is 0. The van der Waals surface area contributed by atoms with Gasteiger partial charge in [0.2, 0.25) is 0 Å². The number of nitrogens with one attached hydrogen (secondary N) is 1. The first-order valence-electron chi connectivity index (χ1n) is 4.60. The average Bonchev–Trinajstić information content (AvgIpc) is 2.26. The minimum absolute atomic E-state index is 0.216. The maximum atomic E-state index is 11.3. The van der Waals surface area contributed by atoms with Crippen LogP contribution in [0, 0.1) is 6.92 Å². The van der Waals surface area contributed by atoms with Crippen molar-refractivity contribution in [3.8, 4) is 11.1 Å². The third-order valence-electron chi connectivity index (χ3n) is 2.26. The zero-order chi connectivity index (χ0) is 10.8. The van der Waals surface area contributed by atoms with Crippen molar-refractivity contribution in [1.29, 1.82) is 0 Å². The summed E-state index contributed by atoms with van der Waals surface area (Å²) in [7, 11) is 0. The highest BCUT2D eigenvalue weighted by molar-refractivity contribution is 5.77. The Kier molecular flexibility index (Phi) is 2.25. The van der Waals surface area contributed by atoms with Crippen molar-refractivity contribution in [3.63, 3.8) is 0 Å². The van der Waals surface area contributed by atoms with Gasteiger partial charge in [0.15, 0.2) is 0 Å². The molecule has 4 heteroatoms. The van der Waals surface area contributed by atoms with E-state index in [0.29, 0.717) is 5.56 Å². The highest BCUT2D eigenvalue weighted by Crippen LogP contribution is 2.24. The molecule has 0 saturated heterocycles. The Hall–Kier alpha value is -2.10. The topological polar surface area (TPSA) is 71.8 Å². The van der Waals surface area contributed by atoms with Crippen molar-refractivity contribution >= 4 is 5.69 Å². The van der Waals surface area contributed by atoms with Crippen molar-refractivity contribution in [3.05, 3.63) is 46.4 Å². The number of aryl methyl sites for hydroxylation is 1. The van der Waals surface area contributed by atoms with Crippen LogP contribution in [0.15, 0.2) is 35.1 Å². The number of nitrogens with two attached hydrogens (primary N) is 1. The van der Waals surface area contributed by atoms with E-state index in [0.717, 1.165) is 11.3 Å². The fourth-order valence-corrected chi connectivity index (χ4v) is 1.53. The van der Waals surface area contributed by atoms with Crippen molar-refractivity contribution in [2.45, 2.75) is 6.92 Å². The number of aromatic nitrogens is 2. The summed E-state index contributed by atoms with van der Waals surface area (Å²) in [5.74, 6) is 0. The van der Waals surface area contributed by atoms with Gasteiger partial charge >= 0.3 is 0 Å². The second kappa shape index (κ2) is 3.57. The van der Waals surface area contributed by atoms with Gasteiger partial charge in [-0.2, -0.15) is 5.10 Å². The molecule has 0 fully saturated rings. The summed E-state index contributed by atoms with van der Waals surface area (Å²) >= 11 is 0. The normalized spacial score (nSPS) is 10.2. The lowest BCUT2D eigenvalue weighted by Gasteiger charge is -2.06. The minimum atomic E-state index is -0.348. The Morgan fingerprint density at radius 3 is 2.60 bits per heavy atom. The average molecular weight is 201 g/mol. The Labute approximate surface area is 86.8 Å². The standard InChI is InChI=1S/C11H11N3O/c1-7-9(8-5-3-2-4-6-8)10(12)11(15)14-13-7/h2-6H,1H3,(H2,12,13)(H,14,15). The summed E-state index contributed by atoms with van der Waals surface area (Å²) in [6.07, 6.45) is 0. The Morgan fingerprint density at radius 2 is 1.93 bits per heavy atom. The largest absolute Gasteiger partial charge is 0.394 e. The molecule has 2 aromatic rings. The van der Waals surface area contributed by atoms with Crippen LogP contribution in [0.25, 0.3) is 11.1 Å². The molecule has 76 valence electrons. The van der Waals surface area contributed by atoms with Crippen molar-refractivity contribution in [2.24, 2.45) is 0 Å². The minimum Gasteiger partial charge on any atom is -0.394 e. The van der Waals surface area contributed by atoms with E-state index in [4.69, 9.17) is 5.73 Å². The molecule has 0 aliphatic carbocycles. The number of hydrogen-bond donors (Lipinski definition) is 2. The van der Waals surface area contributed by atoms with Crippen LogP contribution in [0.5, 0.6) is 0 Å². The molecule has 4 nitrogen and oxygen atoms in total. The van der Waals surface area contributed by atoms with Crippen LogP contribution in [0.3, 0.4) is 0 Å². The Balaban J connectivity index is 2.73. The first-order chi connectivity index (χ1) is 7.20. The molecule has 0 amide bonds. The smallest absolute Gasteiger partial charge is 0.287 e. The molecule has 0 aliphatic rings. The van der Waals surface area contributed by atoms with Gasteiger partial charge in [0.1, 0.15) is 5.69 Å². The van der Waals surface area contributed by atoms with Crippen molar-refractivity contribution < 1.29 is 0 Å². The molecule has 1 aromatic heterocycles. The molecule has 15 heavy (non-hydrogen) atoms. The lowest BCUT2D eigenvalue weighted by Crippen LogP contribution is -2.16.